The third kappa shape index (κ3) is 3.09. The molecule has 1 saturated carbocycles. The zero-order chi connectivity index (χ0) is 17.3. The fourth-order valence-corrected chi connectivity index (χ4v) is 3.01. The van der Waals surface area contributed by atoms with Gasteiger partial charge in [-0.1, -0.05) is 0 Å². The number of H-pyrrole nitrogens is 1. The molecule has 0 saturated heterocycles. The quantitative estimate of drug-likeness (QED) is 0.769. The number of rotatable bonds is 5. The van der Waals surface area contributed by atoms with Crippen molar-refractivity contribution < 1.29 is 19.0 Å². The van der Waals surface area contributed by atoms with Gasteiger partial charge in [0.1, 0.15) is 11.6 Å². The van der Waals surface area contributed by atoms with Gasteiger partial charge in [0.25, 0.3) is 5.91 Å². The molecule has 1 aliphatic rings. The van der Waals surface area contributed by atoms with E-state index in [1.165, 1.54) is 25.3 Å². The average molecular weight is 334 g/mol. The number of aliphatic hydroxyl groups excluding tert-OH is 1. The van der Waals surface area contributed by atoms with Gasteiger partial charge in [0.2, 0.25) is 0 Å². The molecule has 1 unspecified atom stereocenters. The van der Waals surface area contributed by atoms with Gasteiger partial charge in [-0.2, -0.15) is 15.4 Å². The Kier molecular flexibility index (Phi) is 4.48. The molecule has 0 bridgehead atoms. The van der Waals surface area contributed by atoms with E-state index in [0.717, 1.165) is 0 Å². The molecule has 1 atom stereocenters. The maximum Gasteiger partial charge on any atom is 0.274 e. The maximum atomic E-state index is 13.7. The van der Waals surface area contributed by atoms with Gasteiger partial charge in [0, 0.05) is 5.56 Å². The van der Waals surface area contributed by atoms with Gasteiger partial charge in [0.05, 0.1) is 24.9 Å². The monoisotopic (exact) mass is 334 g/mol. The van der Waals surface area contributed by atoms with Crippen LogP contribution in [0, 0.1) is 18.7 Å². The summed E-state index contributed by atoms with van der Waals surface area (Å²) < 4.78 is 19.0. The Morgan fingerprint density at radius 3 is 2.79 bits per heavy atom. The van der Waals surface area contributed by atoms with Crippen LogP contribution in [0.3, 0.4) is 0 Å². The molecule has 24 heavy (non-hydrogen) atoms. The second-order valence-electron chi connectivity index (χ2n) is 5.98. The van der Waals surface area contributed by atoms with E-state index in [1.807, 2.05) is 0 Å². The number of aromatic amines is 1. The summed E-state index contributed by atoms with van der Waals surface area (Å²) >= 11 is 0. The van der Waals surface area contributed by atoms with Crippen LogP contribution in [0.2, 0.25) is 0 Å². The Bertz CT molecular complexity index is 743. The third-order valence-electron chi connectivity index (χ3n) is 4.37. The molecule has 1 aliphatic carbocycles. The number of ether oxygens (including phenoxy) is 1. The molecule has 0 aliphatic heterocycles. The number of aliphatic hydroxyl groups is 1. The summed E-state index contributed by atoms with van der Waals surface area (Å²) in [5.41, 5.74) is 1.21. The number of hydrogen-bond donors (Lipinski definition) is 3. The van der Waals surface area contributed by atoms with E-state index in [4.69, 9.17) is 4.74 Å². The number of nitrogens with one attached hydrogen (secondary N) is 2. The van der Waals surface area contributed by atoms with E-state index >= 15 is 0 Å². The van der Waals surface area contributed by atoms with E-state index in [0.29, 0.717) is 29.8 Å². The zero-order valence-electron chi connectivity index (χ0n) is 13.4. The number of aromatic nitrogens is 3. The molecular formula is C16H19FN4O3. The van der Waals surface area contributed by atoms with Crippen molar-refractivity contribution in [3.63, 3.8) is 0 Å². The third-order valence-corrected chi connectivity index (χ3v) is 4.37. The molecule has 3 N–H and O–H groups in total. The predicted molar refractivity (Wildman–Crippen MR) is 83.0 cm³/mol. The minimum absolute atomic E-state index is 0.00754. The van der Waals surface area contributed by atoms with Gasteiger partial charge in [-0.15, -0.1) is 0 Å². The fraction of sp³-hybridized carbons (Fsp3) is 0.438. The van der Waals surface area contributed by atoms with Crippen LogP contribution < -0.4 is 10.1 Å². The molecule has 1 heterocycles. The molecule has 0 radical (unpaired) electrons. The second kappa shape index (κ2) is 6.56. The van der Waals surface area contributed by atoms with Crippen molar-refractivity contribution in [2.45, 2.75) is 31.9 Å². The highest BCUT2D eigenvalue weighted by Crippen LogP contribution is 2.41. The number of carbonyl (C=O) groups is 1. The first kappa shape index (κ1) is 16.4. The first-order valence-corrected chi connectivity index (χ1v) is 7.69. The molecule has 7 nitrogen and oxygen atoms in total. The maximum absolute atomic E-state index is 13.7. The standard InChI is InChI=1S/C16H19FN4O3/c1-8-14(20-21-19-8)16(23)18-15(9-5-11(22)6-9)12-7-10(17)3-4-13(12)24-2/h3-4,7,9,11,15,22H,5-6H2,1-2H3,(H,18,23)(H,19,20,21). The van der Waals surface area contributed by atoms with Crippen LogP contribution in [-0.2, 0) is 0 Å². The first-order chi connectivity index (χ1) is 11.5. The highest BCUT2D eigenvalue weighted by atomic mass is 19.1. The van der Waals surface area contributed by atoms with Crippen LogP contribution in [0.15, 0.2) is 18.2 Å². The van der Waals surface area contributed by atoms with Gasteiger partial charge < -0.3 is 15.2 Å². The Morgan fingerprint density at radius 1 is 1.46 bits per heavy atom. The normalized spacial score (nSPS) is 21.0. The van der Waals surface area contributed by atoms with Crippen molar-refractivity contribution >= 4 is 5.91 Å². The number of benzene rings is 1. The number of carbonyl (C=O) groups excluding carboxylic acids is 1. The highest BCUT2D eigenvalue weighted by molar-refractivity contribution is 5.93. The first-order valence-electron chi connectivity index (χ1n) is 7.69. The van der Waals surface area contributed by atoms with Crippen LogP contribution in [0.5, 0.6) is 5.75 Å². The molecule has 1 amide bonds. The lowest BCUT2D eigenvalue weighted by molar-refractivity contribution is 0.0230. The predicted octanol–water partition coefficient (Wildman–Crippen LogP) is 1.50. The Balaban J connectivity index is 1.91. The molecule has 3 rings (SSSR count). The van der Waals surface area contributed by atoms with Crippen molar-refractivity contribution in [1.29, 1.82) is 0 Å². The highest BCUT2D eigenvalue weighted by Gasteiger charge is 2.37. The number of halogens is 1. The average Bonchev–Trinajstić information content (AvgIpc) is 2.96. The van der Waals surface area contributed by atoms with Crippen LogP contribution >= 0.6 is 0 Å². The van der Waals surface area contributed by atoms with Crippen molar-refractivity contribution in [1.82, 2.24) is 20.7 Å². The van der Waals surface area contributed by atoms with Gasteiger partial charge in [0.15, 0.2) is 5.69 Å². The minimum Gasteiger partial charge on any atom is -0.496 e. The Morgan fingerprint density at radius 2 is 2.21 bits per heavy atom. The van der Waals surface area contributed by atoms with Crippen LogP contribution in [0.1, 0.15) is 40.6 Å². The lowest BCUT2D eigenvalue weighted by atomic mass is 9.74. The molecule has 1 aromatic carbocycles. The molecule has 1 aromatic heterocycles. The lowest BCUT2D eigenvalue weighted by Crippen LogP contribution is -2.41. The van der Waals surface area contributed by atoms with Crippen LogP contribution in [0.4, 0.5) is 4.39 Å². The molecule has 8 heteroatoms. The molecule has 128 valence electrons. The van der Waals surface area contributed by atoms with E-state index in [-0.39, 0.29) is 11.6 Å². The summed E-state index contributed by atoms with van der Waals surface area (Å²) in [4.78, 5) is 12.5. The summed E-state index contributed by atoms with van der Waals surface area (Å²) in [5.74, 6) is -0.340. The van der Waals surface area contributed by atoms with E-state index < -0.39 is 23.9 Å². The van der Waals surface area contributed by atoms with E-state index in [2.05, 4.69) is 20.7 Å². The number of methoxy groups -OCH3 is 1. The molecular weight excluding hydrogens is 315 g/mol. The SMILES string of the molecule is COc1ccc(F)cc1C(NC(=O)c1n[nH]nc1C)C1CC(O)C1. The van der Waals surface area contributed by atoms with Crippen LogP contribution in [0.25, 0.3) is 0 Å². The topological polar surface area (TPSA) is 100 Å². The molecule has 0 spiro atoms. The summed E-state index contributed by atoms with van der Waals surface area (Å²) in [7, 11) is 1.49. The summed E-state index contributed by atoms with van der Waals surface area (Å²) in [6.07, 6.45) is 0.660. The van der Waals surface area contributed by atoms with Gasteiger partial charge >= 0.3 is 0 Å². The van der Waals surface area contributed by atoms with Crippen molar-refractivity contribution in [2.75, 3.05) is 7.11 Å². The number of amides is 1. The molecule has 2 aromatic rings. The van der Waals surface area contributed by atoms with Crippen LogP contribution in [-0.4, -0.2) is 39.6 Å². The second-order valence-corrected chi connectivity index (χ2v) is 5.98. The largest absolute Gasteiger partial charge is 0.496 e. The van der Waals surface area contributed by atoms with Crippen molar-refractivity contribution in [3.8, 4) is 5.75 Å². The summed E-state index contributed by atoms with van der Waals surface area (Å²) in [6, 6.07) is 3.70. The van der Waals surface area contributed by atoms with Gasteiger partial charge in [-0.05, 0) is 43.9 Å². The smallest absolute Gasteiger partial charge is 0.274 e. The molecule has 1 fully saturated rings. The Hall–Kier alpha value is -2.48. The number of aryl methyl sites for hydroxylation is 1. The summed E-state index contributed by atoms with van der Waals surface area (Å²) in [6.45, 7) is 1.67. The number of hydrogen-bond acceptors (Lipinski definition) is 5. The van der Waals surface area contributed by atoms with Gasteiger partial charge in [-0.25, -0.2) is 4.39 Å². The van der Waals surface area contributed by atoms with Crippen molar-refractivity contribution in [2.24, 2.45) is 5.92 Å². The lowest BCUT2D eigenvalue weighted by Gasteiger charge is -2.38. The summed E-state index contributed by atoms with van der Waals surface area (Å²) in [5, 5.41) is 22.6. The number of nitrogens with zero attached hydrogens (tertiary/aromatic N) is 2. The van der Waals surface area contributed by atoms with Gasteiger partial charge in [-0.3, -0.25) is 4.79 Å². The Labute approximate surface area is 138 Å². The van der Waals surface area contributed by atoms with E-state index in [9.17, 15) is 14.3 Å². The zero-order valence-corrected chi connectivity index (χ0v) is 13.4. The van der Waals surface area contributed by atoms with Crippen molar-refractivity contribution in [3.05, 3.63) is 41.0 Å². The van der Waals surface area contributed by atoms with E-state index in [1.54, 1.807) is 6.92 Å². The fourth-order valence-electron chi connectivity index (χ4n) is 3.01. The minimum atomic E-state index is -0.484.